The normalized spacial score (nSPS) is 12.5. The van der Waals surface area contributed by atoms with Gasteiger partial charge in [0.05, 0.1) is 0 Å². The maximum absolute atomic E-state index is 11.6. The molecule has 0 atom stereocenters. The molecule has 0 aromatic heterocycles. The fraction of sp³-hybridized carbons (Fsp3) is 0.650. The van der Waals surface area contributed by atoms with Crippen molar-refractivity contribution in [3.05, 3.63) is 36.5 Å². The molecule has 1 amide bonds. The Labute approximate surface area is 174 Å². The number of carbonyl (C=O) groups excluding carboxylic acids is 1. The summed E-state index contributed by atoms with van der Waals surface area (Å²) in [5.74, 6) is 0.272. The van der Waals surface area contributed by atoms with E-state index in [9.17, 15) is 9.36 Å². The summed E-state index contributed by atoms with van der Waals surface area (Å²) in [4.78, 5) is 28.6. The average Bonchev–Trinajstić information content (AvgIpc) is 2.63. The zero-order valence-electron chi connectivity index (χ0n) is 16.9. The molecule has 162 valence electrons. The van der Waals surface area contributed by atoms with Crippen LogP contribution in [-0.4, -0.2) is 28.0 Å². The number of hydrogen-bond acceptors (Lipinski definition) is 4. The number of hydrogen-bond donors (Lipinski definition) is 3. The molecule has 0 fully saturated rings. The van der Waals surface area contributed by atoms with Crippen molar-refractivity contribution in [3.63, 3.8) is 0 Å². The Balaban J connectivity index is 3.36. The van der Waals surface area contributed by atoms with E-state index in [1.165, 1.54) is 12.8 Å². The van der Waals surface area contributed by atoms with Gasteiger partial charge in [0.15, 0.2) is 0 Å². The lowest BCUT2D eigenvalue weighted by Crippen LogP contribution is -2.25. The van der Waals surface area contributed by atoms with Crippen LogP contribution in [0.2, 0.25) is 0 Å². The summed E-state index contributed by atoms with van der Waals surface area (Å²) >= 11 is 0.662. The summed E-state index contributed by atoms with van der Waals surface area (Å²) in [5.41, 5.74) is 0. The predicted molar refractivity (Wildman–Crippen MR) is 118 cm³/mol. The molecule has 0 unspecified atom stereocenters. The second-order valence-corrected chi connectivity index (χ2v) is 8.56. The molecule has 0 aromatic carbocycles. The molecule has 0 saturated carbocycles. The Hall–Kier alpha value is -0.850. The molecule has 0 heterocycles. The number of phosphoric acid groups is 1. The van der Waals surface area contributed by atoms with Crippen molar-refractivity contribution < 1.29 is 23.1 Å². The molecule has 3 N–H and O–H groups in total. The predicted octanol–water partition coefficient (Wildman–Crippen LogP) is 5.45. The highest BCUT2D eigenvalue weighted by molar-refractivity contribution is 7.97. The first-order chi connectivity index (χ1) is 13.5. The standard InChI is InChI=1S/C20H36NO5PS/c1-2-3-4-5-6-7-8-9-10-11-12-13-14-15-16-17-20(22)21-18-19-28-26-27(23,24)25/h3-4,6-7,9-10H,2,5,8,11-19H2,1H3,(H,21,22)(H2,23,24,25)/b4-3?,7-6?,10-9-. The van der Waals surface area contributed by atoms with E-state index in [-0.39, 0.29) is 5.91 Å². The van der Waals surface area contributed by atoms with Gasteiger partial charge < -0.3 is 15.1 Å². The lowest BCUT2D eigenvalue weighted by atomic mass is 10.1. The van der Waals surface area contributed by atoms with Crippen LogP contribution in [0.4, 0.5) is 0 Å². The zero-order valence-corrected chi connectivity index (χ0v) is 18.6. The minimum Gasteiger partial charge on any atom is -0.355 e. The Morgan fingerprint density at radius 2 is 1.57 bits per heavy atom. The van der Waals surface area contributed by atoms with Crippen LogP contribution in [0.1, 0.15) is 71.1 Å². The Morgan fingerprint density at radius 1 is 0.964 bits per heavy atom. The molecule has 0 rings (SSSR count). The van der Waals surface area contributed by atoms with Crippen LogP contribution < -0.4 is 5.32 Å². The van der Waals surface area contributed by atoms with Crippen LogP contribution in [0.5, 0.6) is 0 Å². The number of rotatable bonds is 18. The molecule has 0 saturated heterocycles. The molecule has 0 aliphatic carbocycles. The van der Waals surface area contributed by atoms with Crippen LogP contribution in [0.25, 0.3) is 0 Å². The average molecular weight is 434 g/mol. The monoisotopic (exact) mass is 433 g/mol. The van der Waals surface area contributed by atoms with E-state index in [4.69, 9.17) is 9.79 Å². The van der Waals surface area contributed by atoms with Crippen molar-refractivity contribution in [1.82, 2.24) is 5.32 Å². The fourth-order valence-corrected chi connectivity index (χ4v) is 3.36. The molecular formula is C20H36NO5PS. The lowest BCUT2D eigenvalue weighted by molar-refractivity contribution is -0.121. The van der Waals surface area contributed by atoms with Gasteiger partial charge in [-0.3, -0.25) is 4.79 Å². The second-order valence-electron chi connectivity index (χ2n) is 6.34. The van der Waals surface area contributed by atoms with Gasteiger partial charge in [0, 0.05) is 30.8 Å². The van der Waals surface area contributed by atoms with E-state index in [1.54, 1.807) is 0 Å². The highest BCUT2D eigenvalue weighted by Gasteiger charge is 2.13. The van der Waals surface area contributed by atoms with Crippen molar-refractivity contribution in [1.29, 1.82) is 0 Å². The maximum atomic E-state index is 11.6. The first-order valence-corrected chi connectivity index (χ1v) is 12.5. The van der Waals surface area contributed by atoms with Crippen LogP contribution in [-0.2, 0) is 13.3 Å². The number of amides is 1. The molecule has 0 aliphatic heterocycles. The molecule has 0 aliphatic rings. The summed E-state index contributed by atoms with van der Waals surface area (Å²) in [6.45, 7) is 2.47. The Morgan fingerprint density at radius 3 is 2.25 bits per heavy atom. The first-order valence-electron chi connectivity index (χ1n) is 10.0. The third-order valence-electron chi connectivity index (χ3n) is 3.71. The fourth-order valence-electron chi connectivity index (χ4n) is 2.33. The van der Waals surface area contributed by atoms with Crippen molar-refractivity contribution in [2.24, 2.45) is 0 Å². The highest BCUT2D eigenvalue weighted by Crippen LogP contribution is 2.40. The van der Waals surface area contributed by atoms with E-state index in [0.29, 0.717) is 30.8 Å². The molecular weight excluding hydrogens is 397 g/mol. The van der Waals surface area contributed by atoms with Gasteiger partial charge in [0.1, 0.15) is 0 Å². The van der Waals surface area contributed by atoms with Gasteiger partial charge in [-0.05, 0) is 38.5 Å². The Bertz CT molecular complexity index is 517. The molecule has 0 spiro atoms. The van der Waals surface area contributed by atoms with E-state index in [2.05, 4.69) is 52.7 Å². The molecule has 6 nitrogen and oxygen atoms in total. The van der Waals surface area contributed by atoms with E-state index in [0.717, 1.165) is 44.9 Å². The molecule has 8 heteroatoms. The smallest absolute Gasteiger partial charge is 0.355 e. The number of allylic oxidation sites excluding steroid dienone is 6. The number of nitrogens with one attached hydrogen (secondary N) is 1. The van der Waals surface area contributed by atoms with Crippen molar-refractivity contribution in [2.75, 3.05) is 12.3 Å². The van der Waals surface area contributed by atoms with Crippen molar-refractivity contribution in [3.8, 4) is 0 Å². The Kier molecular flexibility index (Phi) is 18.9. The zero-order chi connectivity index (χ0) is 20.9. The van der Waals surface area contributed by atoms with E-state index >= 15 is 0 Å². The van der Waals surface area contributed by atoms with Crippen LogP contribution in [0, 0.1) is 0 Å². The minimum atomic E-state index is -4.43. The lowest BCUT2D eigenvalue weighted by Gasteiger charge is -2.06. The first kappa shape index (κ1) is 27.1. The van der Waals surface area contributed by atoms with E-state index < -0.39 is 7.82 Å². The summed E-state index contributed by atoms with van der Waals surface area (Å²) in [6.07, 6.45) is 23.3. The third kappa shape index (κ3) is 23.2. The van der Waals surface area contributed by atoms with Crippen LogP contribution >= 0.6 is 19.9 Å². The molecule has 0 aromatic rings. The second kappa shape index (κ2) is 19.5. The highest BCUT2D eigenvalue weighted by atomic mass is 32.2. The van der Waals surface area contributed by atoms with Crippen LogP contribution in [0.15, 0.2) is 36.5 Å². The maximum Gasteiger partial charge on any atom is 0.480 e. The molecule has 28 heavy (non-hydrogen) atoms. The number of unbranched alkanes of at least 4 members (excludes halogenated alkanes) is 5. The third-order valence-corrected chi connectivity index (χ3v) is 5.28. The van der Waals surface area contributed by atoms with Crippen molar-refractivity contribution in [2.45, 2.75) is 71.1 Å². The van der Waals surface area contributed by atoms with Gasteiger partial charge in [0.25, 0.3) is 0 Å². The summed E-state index contributed by atoms with van der Waals surface area (Å²) < 4.78 is 14.7. The largest absolute Gasteiger partial charge is 0.480 e. The summed E-state index contributed by atoms with van der Waals surface area (Å²) in [7, 11) is -4.43. The minimum absolute atomic E-state index is 0.0297. The van der Waals surface area contributed by atoms with Gasteiger partial charge in [-0.1, -0.05) is 62.6 Å². The molecule has 0 bridgehead atoms. The summed E-state index contributed by atoms with van der Waals surface area (Å²) in [5, 5.41) is 2.71. The van der Waals surface area contributed by atoms with Crippen molar-refractivity contribution >= 4 is 25.8 Å². The van der Waals surface area contributed by atoms with Gasteiger partial charge in [-0.2, -0.15) is 0 Å². The number of carbonyl (C=O) groups is 1. The quantitative estimate of drug-likeness (QED) is 0.115. The van der Waals surface area contributed by atoms with Gasteiger partial charge in [0.2, 0.25) is 5.91 Å². The molecule has 0 radical (unpaired) electrons. The van der Waals surface area contributed by atoms with Gasteiger partial charge >= 0.3 is 7.82 Å². The van der Waals surface area contributed by atoms with Gasteiger partial charge in [-0.15, -0.1) is 0 Å². The van der Waals surface area contributed by atoms with E-state index in [1.807, 2.05) is 0 Å². The SMILES string of the molecule is CCC=CCC=CC/C=C\CCCCCCCC(=O)NCCSOP(=O)(O)O. The topological polar surface area (TPSA) is 95.9 Å². The van der Waals surface area contributed by atoms with Crippen LogP contribution in [0.3, 0.4) is 0 Å². The summed E-state index contributed by atoms with van der Waals surface area (Å²) in [6, 6.07) is 0. The van der Waals surface area contributed by atoms with Gasteiger partial charge in [-0.25, -0.2) is 8.54 Å².